The summed E-state index contributed by atoms with van der Waals surface area (Å²) >= 11 is 0. The summed E-state index contributed by atoms with van der Waals surface area (Å²) in [6, 6.07) is 0. The van der Waals surface area contributed by atoms with Crippen LogP contribution in [0, 0.1) is 17.3 Å². The average molecular weight is 425 g/mol. The first-order chi connectivity index (χ1) is 14.2. The second kappa shape index (κ2) is 13.5. The van der Waals surface area contributed by atoms with Crippen LogP contribution in [0.25, 0.3) is 0 Å². The molecule has 0 radical (unpaired) electrons. The minimum absolute atomic E-state index is 0.368. The molecular weight excluding hydrogens is 384 g/mol. The van der Waals surface area contributed by atoms with E-state index < -0.39 is 29.2 Å². The molecule has 2 N–H and O–H groups in total. The van der Waals surface area contributed by atoms with Crippen molar-refractivity contribution >= 4 is 17.9 Å². The number of unbranched alkanes of at least 4 members (excludes halogenated alkanes) is 4. The largest absolute Gasteiger partial charge is 0.481 e. The normalized spacial score (nSPS) is 21.4. The van der Waals surface area contributed by atoms with Gasteiger partial charge in [-0.2, -0.15) is 0 Å². The zero-order chi connectivity index (χ0) is 22.6. The van der Waals surface area contributed by atoms with Gasteiger partial charge in [0.2, 0.25) is 0 Å². The lowest BCUT2D eigenvalue weighted by Gasteiger charge is -2.35. The monoisotopic (exact) mass is 424 g/mol. The summed E-state index contributed by atoms with van der Waals surface area (Å²) in [6.07, 6.45) is 9.69. The number of aliphatic carboxylic acids is 2. The van der Waals surface area contributed by atoms with Crippen LogP contribution in [0.1, 0.15) is 97.3 Å². The highest BCUT2D eigenvalue weighted by Gasteiger charge is 2.42. The van der Waals surface area contributed by atoms with Crippen LogP contribution >= 0.6 is 0 Å². The summed E-state index contributed by atoms with van der Waals surface area (Å²) in [5, 5.41) is 18.8. The molecule has 30 heavy (non-hydrogen) atoms. The Balaban J connectivity index is 2.22. The van der Waals surface area contributed by atoms with E-state index in [1.807, 2.05) is 0 Å². The van der Waals surface area contributed by atoms with Crippen LogP contribution in [0.4, 0.5) is 0 Å². The highest BCUT2D eigenvalue weighted by molar-refractivity contribution is 5.87. The summed E-state index contributed by atoms with van der Waals surface area (Å²) < 4.78 is 5.28. The maximum atomic E-state index is 12.1. The molecule has 0 heterocycles. The fraction of sp³-hybridized carbons (Fsp3) is 0.792. The van der Waals surface area contributed by atoms with Crippen molar-refractivity contribution in [3.05, 3.63) is 12.2 Å². The summed E-state index contributed by atoms with van der Waals surface area (Å²) in [5.74, 6) is -1.80. The van der Waals surface area contributed by atoms with Crippen LogP contribution in [0.3, 0.4) is 0 Å². The first kappa shape index (κ1) is 26.2. The third kappa shape index (κ3) is 9.31. The van der Waals surface area contributed by atoms with Gasteiger partial charge in [-0.05, 0) is 57.3 Å². The SMILES string of the molecule is C=C(CCCC1(C(=O)O)CCC(C(=O)O)CC1)C(=O)OCCCCCCCC(C)C. The Kier molecular flexibility index (Phi) is 11.7. The van der Waals surface area contributed by atoms with Gasteiger partial charge < -0.3 is 14.9 Å². The first-order valence-electron chi connectivity index (χ1n) is 11.5. The van der Waals surface area contributed by atoms with Crippen LogP contribution in [0.2, 0.25) is 0 Å². The molecule has 1 saturated carbocycles. The molecule has 1 rings (SSSR count). The highest BCUT2D eigenvalue weighted by Crippen LogP contribution is 2.43. The smallest absolute Gasteiger partial charge is 0.333 e. The summed E-state index contributed by atoms with van der Waals surface area (Å²) in [5.41, 5.74) is -0.502. The van der Waals surface area contributed by atoms with Gasteiger partial charge in [0.25, 0.3) is 0 Å². The predicted molar refractivity (Wildman–Crippen MR) is 116 cm³/mol. The van der Waals surface area contributed by atoms with Gasteiger partial charge in [0.05, 0.1) is 17.9 Å². The molecule has 1 aliphatic rings. The van der Waals surface area contributed by atoms with E-state index in [4.69, 9.17) is 9.84 Å². The van der Waals surface area contributed by atoms with Crippen molar-refractivity contribution < 1.29 is 29.3 Å². The zero-order valence-electron chi connectivity index (χ0n) is 18.8. The molecule has 0 aromatic rings. The molecule has 1 aliphatic carbocycles. The molecule has 0 aromatic carbocycles. The molecular formula is C24H40O6. The lowest BCUT2D eigenvalue weighted by atomic mass is 9.68. The Morgan fingerprint density at radius 2 is 1.60 bits per heavy atom. The van der Waals surface area contributed by atoms with Gasteiger partial charge >= 0.3 is 17.9 Å². The molecule has 6 nitrogen and oxygen atoms in total. The van der Waals surface area contributed by atoms with Crippen LogP contribution in [0.15, 0.2) is 12.2 Å². The number of rotatable bonds is 15. The number of hydrogen-bond donors (Lipinski definition) is 2. The van der Waals surface area contributed by atoms with Gasteiger partial charge in [0.15, 0.2) is 0 Å². The van der Waals surface area contributed by atoms with Gasteiger partial charge in [-0.1, -0.05) is 52.5 Å². The number of carboxylic acids is 2. The third-order valence-corrected chi connectivity index (χ3v) is 6.33. The molecule has 0 amide bonds. The summed E-state index contributed by atoms with van der Waals surface area (Å²) in [4.78, 5) is 35.0. The lowest BCUT2D eigenvalue weighted by Crippen LogP contribution is -2.37. The summed E-state index contributed by atoms with van der Waals surface area (Å²) in [7, 11) is 0. The maximum absolute atomic E-state index is 12.1. The van der Waals surface area contributed by atoms with Crippen molar-refractivity contribution in [3.8, 4) is 0 Å². The van der Waals surface area contributed by atoms with E-state index in [0.29, 0.717) is 57.1 Å². The Labute approximate surface area is 181 Å². The second-order valence-corrected chi connectivity index (χ2v) is 9.24. The molecule has 1 fully saturated rings. The highest BCUT2D eigenvalue weighted by atomic mass is 16.5. The molecule has 172 valence electrons. The van der Waals surface area contributed by atoms with E-state index in [0.717, 1.165) is 25.2 Å². The maximum Gasteiger partial charge on any atom is 0.333 e. The second-order valence-electron chi connectivity index (χ2n) is 9.24. The van der Waals surface area contributed by atoms with Gasteiger partial charge in [0, 0.05) is 5.57 Å². The summed E-state index contributed by atoms with van der Waals surface area (Å²) in [6.45, 7) is 8.66. The van der Waals surface area contributed by atoms with Crippen molar-refractivity contribution in [2.24, 2.45) is 17.3 Å². The van der Waals surface area contributed by atoms with E-state index in [9.17, 15) is 19.5 Å². The van der Waals surface area contributed by atoms with Gasteiger partial charge in [-0.25, -0.2) is 4.79 Å². The standard InChI is InChI=1S/C24H40O6/c1-18(2)10-7-5-4-6-8-17-30-22(27)19(3)11-9-14-24(23(28)29)15-12-20(13-16-24)21(25)26/h18,20H,3-17H2,1-2H3,(H,25,26)(H,28,29). The number of carboxylic acid groups (broad SMARTS) is 2. The van der Waals surface area contributed by atoms with Gasteiger partial charge in [0.1, 0.15) is 0 Å². The van der Waals surface area contributed by atoms with E-state index in [1.54, 1.807) is 0 Å². The number of carbonyl (C=O) groups is 3. The van der Waals surface area contributed by atoms with Crippen molar-refractivity contribution in [1.29, 1.82) is 0 Å². The Morgan fingerprint density at radius 1 is 1.00 bits per heavy atom. The lowest BCUT2D eigenvalue weighted by molar-refractivity contribution is -0.156. The zero-order valence-corrected chi connectivity index (χ0v) is 18.8. The fourth-order valence-electron chi connectivity index (χ4n) is 4.18. The van der Waals surface area contributed by atoms with Crippen LogP contribution in [-0.4, -0.2) is 34.7 Å². The number of carbonyl (C=O) groups excluding carboxylic acids is 1. The molecule has 0 atom stereocenters. The first-order valence-corrected chi connectivity index (χ1v) is 11.5. The quantitative estimate of drug-likeness (QED) is 0.202. The van der Waals surface area contributed by atoms with E-state index in [2.05, 4.69) is 20.4 Å². The number of esters is 1. The molecule has 0 saturated heterocycles. The van der Waals surface area contributed by atoms with Crippen molar-refractivity contribution in [2.45, 2.75) is 97.3 Å². The Bertz CT molecular complexity index is 572. The molecule has 0 aliphatic heterocycles. The topological polar surface area (TPSA) is 101 Å². The number of ether oxygens (including phenoxy) is 1. The number of hydrogen-bond acceptors (Lipinski definition) is 4. The molecule has 0 aromatic heterocycles. The third-order valence-electron chi connectivity index (χ3n) is 6.33. The average Bonchev–Trinajstić information content (AvgIpc) is 2.69. The molecule has 0 unspecified atom stereocenters. The van der Waals surface area contributed by atoms with E-state index in [-0.39, 0.29) is 0 Å². The van der Waals surface area contributed by atoms with Crippen molar-refractivity contribution in [2.75, 3.05) is 6.61 Å². The van der Waals surface area contributed by atoms with Crippen LogP contribution in [0.5, 0.6) is 0 Å². The van der Waals surface area contributed by atoms with E-state index >= 15 is 0 Å². The molecule has 0 spiro atoms. The Morgan fingerprint density at radius 3 is 2.17 bits per heavy atom. The molecule has 6 heteroatoms. The minimum atomic E-state index is -0.883. The fourth-order valence-corrected chi connectivity index (χ4v) is 4.18. The van der Waals surface area contributed by atoms with Crippen LogP contribution in [-0.2, 0) is 19.1 Å². The van der Waals surface area contributed by atoms with E-state index in [1.165, 1.54) is 19.3 Å². The van der Waals surface area contributed by atoms with Crippen molar-refractivity contribution in [3.63, 3.8) is 0 Å². The predicted octanol–water partition coefficient (Wildman–Crippen LogP) is 5.60. The van der Waals surface area contributed by atoms with Crippen molar-refractivity contribution in [1.82, 2.24) is 0 Å². The van der Waals surface area contributed by atoms with Crippen LogP contribution < -0.4 is 0 Å². The van der Waals surface area contributed by atoms with Gasteiger partial charge in [-0.15, -0.1) is 0 Å². The minimum Gasteiger partial charge on any atom is -0.481 e. The van der Waals surface area contributed by atoms with Gasteiger partial charge in [-0.3, -0.25) is 9.59 Å². The Hall–Kier alpha value is -1.85. The molecule has 0 bridgehead atoms.